The Balaban J connectivity index is 2.23. The fourth-order valence-corrected chi connectivity index (χ4v) is 3.19. The first-order valence-electron chi connectivity index (χ1n) is 9.17. The number of hydrogen-bond acceptors (Lipinski definition) is 3. The molecule has 0 saturated heterocycles. The van der Waals surface area contributed by atoms with Gasteiger partial charge in [0.15, 0.2) is 0 Å². The maximum atomic E-state index is 12.7. The zero-order valence-corrected chi connectivity index (χ0v) is 16.3. The molecule has 1 aromatic carbocycles. The Labute approximate surface area is 155 Å². The molecule has 2 aromatic rings. The van der Waals surface area contributed by atoms with Crippen molar-refractivity contribution in [3.63, 3.8) is 0 Å². The molecule has 0 spiro atoms. The highest BCUT2D eigenvalue weighted by atomic mass is 16.5. The second kappa shape index (κ2) is 8.70. The third-order valence-electron chi connectivity index (χ3n) is 4.63. The monoisotopic (exact) mass is 356 g/mol. The Morgan fingerprint density at radius 2 is 1.69 bits per heavy atom. The minimum absolute atomic E-state index is 0.0993. The molecule has 1 heterocycles. The Morgan fingerprint density at radius 1 is 1.08 bits per heavy atom. The van der Waals surface area contributed by atoms with Gasteiger partial charge >= 0.3 is 5.97 Å². The first-order chi connectivity index (χ1) is 12.4. The lowest BCUT2D eigenvalue weighted by Crippen LogP contribution is -2.22. The number of amides is 1. The third-order valence-corrected chi connectivity index (χ3v) is 4.63. The molecule has 0 aliphatic heterocycles. The smallest absolute Gasteiger partial charge is 0.339 e. The topological polar surface area (TPSA) is 60.3 Å². The van der Waals surface area contributed by atoms with Gasteiger partial charge < -0.3 is 14.6 Å². The Bertz CT molecular complexity index is 784. The van der Waals surface area contributed by atoms with Crippen LogP contribution in [0.1, 0.15) is 53.6 Å². The molecule has 0 atom stereocenters. The lowest BCUT2D eigenvalue weighted by molar-refractivity contribution is -0.116. The summed E-state index contributed by atoms with van der Waals surface area (Å²) in [7, 11) is 0. The van der Waals surface area contributed by atoms with E-state index in [2.05, 4.69) is 19.2 Å². The van der Waals surface area contributed by atoms with Crippen molar-refractivity contribution in [2.45, 2.75) is 54.0 Å². The van der Waals surface area contributed by atoms with Crippen molar-refractivity contribution < 1.29 is 14.3 Å². The quantitative estimate of drug-likeness (QED) is 0.762. The number of hydrogen-bond donors (Lipinski definition) is 1. The lowest BCUT2D eigenvalue weighted by atomic mass is 10.0. The minimum atomic E-state index is -0.350. The van der Waals surface area contributed by atoms with E-state index in [4.69, 9.17) is 4.74 Å². The number of benzene rings is 1. The van der Waals surface area contributed by atoms with Gasteiger partial charge in [-0.3, -0.25) is 4.79 Å². The molecule has 26 heavy (non-hydrogen) atoms. The highest BCUT2D eigenvalue weighted by molar-refractivity contribution is 5.94. The normalized spacial score (nSPS) is 10.7. The maximum Gasteiger partial charge on any atom is 0.339 e. The summed E-state index contributed by atoms with van der Waals surface area (Å²) in [6.45, 7) is 10.2. The van der Waals surface area contributed by atoms with E-state index in [0.29, 0.717) is 12.2 Å². The zero-order valence-electron chi connectivity index (χ0n) is 16.3. The number of nitrogens with zero attached hydrogens (tertiary/aromatic N) is 1. The second-order valence-electron chi connectivity index (χ2n) is 6.30. The predicted octanol–water partition coefficient (Wildman–Crippen LogP) is 4.05. The van der Waals surface area contributed by atoms with Gasteiger partial charge in [0.2, 0.25) is 5.91 Å². The highest BCUT2D eigenvalue weighted by Gasteiger charge is 2.19. The molecule has 0 saturated carbocycles. The van der Waals surface area contributed by atoms with Crippen LogP contribution >= 0.6 is 0 Å². The summed E-state index contributed by atoms with van der Waals surface area (Å²) in [5.74, 6) is -0.449. The van der Waals surface area contributed by atoms with Crippen LogP contribution in [0.25, 0.3) is 0 Å². The molecule has 1 amide bonds. The summed E-state index contributed by atoms with van der Waals surface area (Å²) >= 11 is 0. The van der Waals surface area contributed by atoms with Gasteiger partial charge in [-0.15, -0.1) is 0 Å². The summed E-state index contributed by atoms with van der Waals surface area (Å²) in [5.41, 5.74) is 5.29. The van der Waals surface area contributed by atoms with Gasteiger partial charge in [-0.2, -0.15) is 0 Å². The Hall–Kier alpha value is -2.56. The molecule has 0 fully saturated rings. The number of ether oxygens (including phenoxy) is 1. The van der Waals surface area contributed by atoms with Gasteiger partial charge in [-0.1, -0.05) is 32.0 Å². The van der Waals surface area contributed by atoms with E-state index in [1.165, 1.54) is 0 Å². The lowest BCUT2D eigenvalue weighted by Gasteiger charge is -2.16. The van der Waals surface area contributed by atoms with E-state index in [1.807, 2.05) is 36.6 Å². The molecule has 0 radical (unpaired) electrons. The van der Waals surface area contributed by atoms with Gasteiger partial charge in [-0.05, 0) is 50.8 Å². The summed E-state index contributed by atoms with van der Waals surface area (Å²) in [6, 6.07) is 7.89. The van der Waals surface area contributed by atoms with Gasteiger partial charge in [-0.25, -0.2) is 4.79 Å². The first kappa shape index (κ1) is 19.8. The summed E-state index contributed by atoms with van der Waals surface area (Å²) in [5, 5.41) is 3.07. The SMILES string of the molecule is CCOC(=O)c1cc(C)n(CC(=O)Nc2c(CC)cccc2CC)c1C. The van der Waals surface area contributed by atoms with E-state index >= 15 is 0 Å². The molecular formula is C21H28N2O3. The van der Waals surface area contributed by atoms with Crippen LogP contribution in [0.5, 0.6) is 0 Å². The summed E-state index contributed by atoms with van der Waals surface area (Å²) in [6.07, 6.45) is 1.72. The van der Waals surface area contributed by atoms with E-state index in [9.17, 15) is 9.59 Å². The zero-order chi connectivity index (χ0) is 19.3. The van der Waals surface area contributed by atoms with Crippen molar-refractivity contribution in [2.75, 3.05) is 11.9 Å². The highest BCUT2D eigenvalue weighted by Crippen LogP contribution is 2.23. The van der Waals surface area contributed by atoms with Gasteiger partial charge in [0.05, 0.1) is 12.2 Å². The molecule has 0 bridgehead atoms. The Morgan fingerprint density at radius 3 is 2.23 bits per heavy atom. The van der Waals surface area contributed by atoms with Crippen molar-refractivity contribution >= 4 is 17.6 Å². The van der Waals surface area contributed by atoms with Crippen molar-refractivity contribution in [3.8, 4) is 0 Å². The molecule has 0 aliphatic carbocycles. The van der Waals surface area contributed by atoms with Crippen LogP contribution in [0, 0.1) is 13.8 Å². The number of nitrogens with one attached hydrogen (secondary N) is 1. The average molecular weight is 356 g/mol. The number of aromatic nitrogens is 1. The number of anilines is 1. The molecule has 5 heteroatoms. The number of esters is 1. The molecular weight excluding hydrogens is 328 g/mol. The fourth-order valence-electron chi connectivity index (χ4n) is 3.19. The number of carbonyl (C=O) groups excluding carboxylic acids is 2. The van der Waals surface area contributed by atoms with Gasteiger partial charge in [0, 0.05) is 17.1 Å². The maximum absolute atomic E-state index is 12.7. The van der Waals surface area contributed by atoms with Crippen LogP contribution in [0.15, 0.2) is 24.3 Å². The van der Waals surface area contributed by atoms with Crippen LogP contribution < -0.4 is 5.32 Å². The molecule has 0 unspecified atom stereocenters. The third kappa shape index (κ3) is 4.15. The number of carbonyl (C=O) groups is 2. The largest absolute Gasteiger partial charge is 0.462 e. The van der Waals surface area contributed by atoms with Crippen molar-refractivity contribution in [2.24, 2.45) is 0 Å². The number of aryl methyl sites for hydroxylation is 3. The van der Waals surface area contributed by atoms with E-state index in [0.717, 1.165) is 41.0 Å². The van der Waals surface area contributed by atoms with Crippen molar-refractivity contribution in [1.29, 1.82) is 0 Å². The summed E-state index contributed by atoms with van der Waals surface area (Å²) < 4.78 is 6.93. The fraction of sp³-hybridized carbons (Fsp3) is 0.429. The molecule has 2 rings (SSSR count). The predicted molar refractivity (Wildman–Crippen MR) is 104 cm³/mol. The Kier molecular flexibility index (Phi) is 6.61. The van der Waals surface area contributed by atoms with Gasteiger partial charge in [0.25, 0.3) is 0 Å². The minimum Gasteiger partial charge on any atom is -0.462 e. The molecule has 0 aliphatic rings. The molecule has 140 valence electrons. The standard InChI is InChI=1S/C21H28N2O3/c1-6-16-10-9-11-17(7-2)20(16)22-19(24)13-23-14(4)12-18(15(23)5)21(25)26-8-3/h9-12H,6-8,13H2,1-5H3,(H,22,24). The van der Waals surface area contributed by atoms with E-state index in [-0.39, 0.29) is 18.4 Å². The van der Waals surface area contributed by atoms with Crippen LogP contribution in [-0.2, 0) is 28.9 Å². The number of para-hydroxylation sites is 1. The average Bonchev–Trinajstić information content (AvgIpc) is 2.90. The summed E-state index contributed by atoms with van der Waals surface area (Å²) in [4.78, 5) is 24.7. The van der Waals surface area contributed by atoms with Crippen LogP contribution in [-0.4, -0.2) is 23.1 Å². The number of rotatable bonds is 7. The molecule has 1 aromatic heterocycles. The van der Waals surface area contributed by atoms with Crippen LogP contribution in [0.4, 0.5) is 5.69 Å². The van der Waals surface area contributed by atoms with Crippen LogP contribution in [0.3, 0.4) is 0 Å². The van der Waals surface area contributed by atoms with E-state index in [1.54, 1.807) is 13.0 Å². The molecule has 1 N–H and O–H groups in total. The molecule has 5 nitrogen and oxygen atoms in total. The van der Waals surface area contributed by atoms with Crippen molar-refractivity contribution in [1.82, 2.24) is 4.57 Å². The van der Waals surface area contributed by atoms with Gasteiger partial charge in [0.1, 0.15) is 6.54 Å². The van der Waals surface area contributed by atoms with Crippen LogP contribution in [0.2, 0.25) is 0 Å². The first-order valence-corrected chi connectivity index (χ1v) is 9.17. The van der Waals surface area contributed by atoms with Crippen molar-refractivity contribution in [3.05, 3.63) is 52.3 Å². The second-order valence-corrected chi connectivity index (χ2v) is 6.30. The van der Waals surface area contributed by atoms with E-state index < -0.39 is 0 Å².